The molecule has 0 saturated heterocycles. The van der Waals surface area contributed by atoms with Gasteiger partial charge in [0.25, 0.3) is 0 Å². The molecule has 1 aromatic rings. The minimum Gasteiger partial charge on any atom is -0.325 e. The molecule has 1 rings (SSSR count). The van der Waals surface area contributed by atoms with Crippen LogP contribution >= 0.6 is 27.5 Å². The van der Waals surface area contributed by atoms with Gasteiger partial charge in [-0.3, -0.25) is 0 Å². The first-order chi connectivity index (χ1) is 6.11. The maximum absolute atomic E-state index is 5.99. The second kappa shape index (κ2) is 4.80. The van der Waals surface area contributed by atoms with Crippen LogP contribution in [0.1, 0.15) is 12.5 Å². The quantitative estimate of drug-likeness (QED) is 0.866. The summed E-state index contributed by atoms with van der Waals surface area (Å²) in [6, 6.07) is 5.75. The molecule has 0 amide bonds. The summed E-state index contributed by atoms with van der Waals surface area (Å²) in [5, 5.41) is 0.728. The average molecular weight is 261 g/mol. The predicted octanol–water partition coefficient (Wildman–Crippen LogP) is 3.46. The zero-order valence-electron chi connectivity index (χ0n) is 7.30. The van der Waals surface area contributed by atoms with Gasteiger partial charge in [-0.1, -0.05) is 45.7 Å². The molecule has 0 saturated carbocycles. The molecule has 0 heterocycles. The van der Waals surface area contributed by atoms with E-state index in [1.807, 2.05) is 37.3 Å². The van der Waals surface area contributed by atoms with E-state index in [0.717, 1.165) is 15.1 Å². The second-order valence-corrected chi connectivity index (χ2v) is 4.12. The third kappa shape index (κ3) is 3.14. The fourth-order valence-electron chi connectivity index (χ4n) is 0.918. The molecule has 0 spiro atoms. The standard InChI is InChI=1S/C10H11BrClN/c1-7(13)5-6-8-9(11)3-2-4-10(8)12/h2-7H,13H2,1H3/b6-5+. The Morgan fingerprint density at radius 1 is 1.54 bits per heavy atom. The molecule has 0 bridgehead atoms. The number of halogens is 2. The van der Waals surface area contributed by atoms with E-state index in [9.17, 15) is 0 Å². The van der Waals surface area contributed by atoms with Gasteiger partial charge in [0.15, 0.2) is 0 Å². The second-order valence-electron chi connectivity index (χ2n) is 2.85. The largest absolute Gasteiger partial charge is 0.325 e. The van der Waals surface area contributed by atoms with Crippen molar-refractivity contribution in [3.05, 3.63) is 39.3 Å². The first-order valence-electron chi connectivity index (χ1n) is 3.99. The van der Waals surface area contributed by atoms with E-state index in [-0.39, 0.29) is 6.04 Å². The number of benzene rings is 1. The third-order valence-electron chi connectivity index (χ3n) is 1.57. The fourth-order valence-corrected chi connectivity index (χ4v) is 1.77. The first-order valence-corrected chi connectivity index (χ1v) is 5.16. The van der Waals surface area contributed by atoms with Gasteiger partial charge >= 0.3 is 0 Å². The molecule has 0 aliphatic rings. The van der Waals surface area contributed by atoms with Crippen LogP contribution in [0.15, 0.2) is 28.7 Å². The molecule has 0 radical (unpaired) electrons. The molecule has 1 unspecified atom stereocenters. The lowest BCUT2D eigenvalue weighted by Gasteiger charge is -2.01. The van der Waals surface area contributed by atoms with Gasteiger partial charge in [0.2, 0.25) is 0 Å². The summed E-state index contributed by atoms with van der Waals surface area (Å²) in [5.41, 5.74) is 6.57. The fraction of sp³-hybridized carbons (Fsp3) is 0.200. The summed E-state index contributed by atoms with van der Waals surface area (Å²) in [7, 11) is 0. The molecule has 0 aliphatic heterocycles. The monoisotopic (exact) mass is 259 g/mol. The molecule has 1 nitrogen and oxygen atoms in total. The molecule has 0 aromatic heterocycles. The minimum atomic E-state index is 0.0446. The van der Waals surface area contributed by atoms with Crippen LogP contribution in [0.4, 0.5) is 0 Å². The maximum Gasteiger partial charge on any atom is 0.0489 e. The zero-order chi connectivity index (χ0) is 9.84. The summed E-state index contributed by atoms with van der Waals surface area (Å²) in [4.78, 5) is 0. The highest BCUT2D eigenvalue weighted by Gasteiger charge is 2.00. The van der Waals surface area contributed by atoms with Gasteiger partial charge in [0.1, 0.15) is 0 Å². The van der Waals surface area contributed by atoms with Crippen LogP contribution in [-0.2, 0) is 0 Å². The van der Waals surface area contributed by atoms with Crippen LogP contribution in [0, 0.1) is 0 Å². The molecule has 1 aromatic carbocycles. The van der Waals surface area contributed by atoms with Crippen LogP contribution in [0.2, 0.25) is 5.02 Å². The lowest BCUT2D eigenvalue weighted by molar-refractivity contribution is 0.931. The van der Waals surface area contributed by atoms with Gasteiger partial charge in [-0.15, -0.1) is 0 Å². The van der Waals surface area contributed by atoms with Gasteiger partial charge in [-0.25, -0.2) is 0 Å². The van der Waals surface area contributed by atoms with Gasteiger partial charge < -0.3 is 5.73 Å². The van der Waals surface area contributed by atoms with Crippen LogP contribution in [-0.4, -0.2) is 6.04 Å². The smallest absolute Gasteiger partial charge is 0.0489 e. The van der Waals surface area contributed by atoms with Gasteiger partial charge in [-0.05, 0) is 19.1 Å². The molecule has 70 valence electrons. The van der Waals surface area contributed by atoms with Gasteiger partial charge in [0, 0.05) is 21.1 Å². The lowest BCUT2D eigenvalue weighted by Crippen LogP contribution is -2.09. The van der Waals surface area contributed by atoms with E-state index in [4.69, 9.17) is 17.3 Å². The number of hydrogen-bond donors (Lipinski definition) is 1. The van der Waals surface area contributed by atoms with Crippen LogP contribution in [0.5, 0.6) is 0 Å². The summed E-state index contributed by atoms with van der Waals surface area (Å²) in [5.74, 6) is 0. The normalized spacial score (nSPS) is 13.5. The number of rotatable bonds is 2. The van der Waals surface area contributed by atoms with Crippen molar-refractivity contribution in [2.45, 2.75) is 13.0 Å². The Bertz CT molecular complexity index is 300. The Morgan fingerprint density at radius 2 is 2.23 bits per heavy atom. The van der Waals surface area contributed by atoms with Crippen molar-refractivity contribution in [1.29, 1.82) is 0 Å². The predicted molar refractivity (Wildman–Crippen MR) is 61.8 cm³/mol. The SMILES string of the molecule is CC(N)/C=C/c1c(Cl)cccc1Br. The summed E-state index contributed by atoms with van der Waals surface area (Å²) >= 11 is 9.41. The zero-order valence-corrected chi connectivity index (χ0v) is 9.64. The maximum atomic E-state index is 5.99. The summed E-state index contributed by atoms with van der Waals surface area (Å²) < 4.78 is 0.983. The van der Waals surface area contributed by atoms with Crippen molar-refractivity contribution in [2.75, 3.05) is 0 Å². The van der Waals surface area contributed by atoms with Crippen molar-refractivity contribution in [1.82, 2.24) is 0 Å². The molecular weight excluding hydrogens is 249 g/mol. The topological polar surface area (TPSA) is 26.0 Å². The molecule has 2 N–H and O–H groups in total. The Morgan fingerprint density at radius 3 is 2.77 bits per heavy atom. The lowest BCUT2D eigenvalue weighted by atomic mass is 10.2. The van der Waals surface area contributed by atoms with Crippen molar-refractivity contribution in [3.8, 4) is 0 Å². The molecule has 3 heteroatoms. The summed E-state index contributed by atoms with van der Waals surface area (Å²) in [6.07, 6.45) is 3.84. The van der Waals surface area contributed by atoms with Gasteiger partial charge in [-0.2, -0.15) is 0 Å². The first kappa shape index (κ1) is 10.8. The van der Waals surface area contributed by atoms with E-state index >= 15 is 0 Å². The van der Waals surface area contributed by atoms with Crippen molar-refractivity contribution < 1.29 is 0 Å². The van der Waals surface area contributed by atoms with E-state index in [2.05, 4.69) is 15.9 Å². The van der Waals surface area contributed by atoms with Gasteiger partial charge in [0.05, 0.1) is 0 Å². The van der Waals surface area contributed by atoms with E-state index < -0.39 is 0 Å². The molecule has 0 fully saturated rings. The Kier molecular flexibility index (Phi) is 3.97. The van der Waals surface area contributed by atoms with Crippen molar-refractivity contribution in [2.24, 2.45) is 5.73 Å². The number of nitrogens with two attached hydrogens (primary N) is 1. The molecule has 13 heavy (non-hydrogen) atoms. The Labute approximate surface area is 91.7 Å². The molecular formula is C10H11BrClN. The Hall–Kier alpha value is -0.310. The van der Waals surface area contributed by atoms with E-state index in [1.165, 1.54) is 0 Å². The van der Waals surface area contributed by atoms with Crippen LogP contribution in [0.25, 0.3) is 6.08 Å². The van der Waals surface area contributed by atoms with E-state index in [0.29, 0.717) is 0 Å². The summed E-state index contributed by atoms with van der Waals surface area (Å²) in [6.45, 7) is 1.92. The highest BCUT2D eigenvalue weighted by atomic mass is 79.9. The van der Waals surface area contributed by atoms with Crippen LogP contribution < -0.4 is 5.73 Å². The minimum absolute atomic E-state index is 0.0446. The third-order valence-corrected chi connectivity index (χ3v) is 2.59. The van der Waals surface area contributed by atoms with Crippen molar-refractivity contribution >= 4 is 33.6 Å². The molecule has 0 aliphatic carbocycles. The molecule has 1 atom stereocenters. The Balaban J connectivity index is 3.00. The van der Waals surface area contributed by atoms with Crippen LogP contribution in [0.3, 0.4) is 0 Å². The average Bonchev–Trinajstić information content (AvgIpc) is 2.03. The highest BCUT2D eigenvalue weighted by molar-refractivity contribution is 9.10. The van der Waals surface area contributed by atoms with E-state index in [1.54, 1.807) is 0 Å². The van der Waals surface area contributed by atoms with Crippen molar-refractivity contribution in [3.63, 3.8) is 0 Å². The number of hydrogen-bond acceptors (Lipinski definition) is 1. The highest BCUT2D eigenvalue weighted by Crippen LogP contribution is 2.25.